The number of piperazine rings is 1. The SMILES string of the molecule is COc1cc(OC)c(CN2CCN(C(=O)OCCN(Cc3cc4ccccc4c4ccccc34)C(=O)OC(C)(C)C)CC2)c(OC)c1. The molecule has 0 spiro atoms. The van der Waals surface area contributed by atoms with Crippen molar-refractivity contribution >= 4 is 33.7 Å². The largest absolute Gasteiger partial charge is 0.496 e. The Morgan fingerprint density at radius 2 is 1.40 bits per heavy atom. The van der Waals surface area contributed by atoms with Crippen LogP contribution in [0.1, 0.15) is 31.9 Å². The normalized spacial score (nSPS) is 13.8. The monoisotopic (exact) mass is 643 g/mol. The Bertz CT molecular complexity index is 1680. The van der Waals surface area contributed by atoms with Crippen LogP contribution in [0.5, 0.6) is 17.2 Å². The van der Waals surface area contributed by atoms with Gasteiger partial charge < -0.3 is 33.5 Å². The second-order valence-electron chi connectivity index (χ2n) is 12.6. The topological polar surface area (TPSA) is 90.0 Å². The molecule has 0 bridgehead atoms. The van der Waals surface area contributed by atoms with E-state index in [9.17, 15) is 9.59 Å². The molecule has 1 aliphatic rings. The van der Waals surface area contributed by atoms with E-state index < -0.39 is 17.8 Å². The van der Waals surface area contributed by atoms with E-state index in [1.54, 1.807) is 31.1 Å². The fourth-order valence-electron chi connectivity index (χ4n) is 5.91. The third kappa shape index (κ3) is 8.18. The van der Waals surface area contributed by atoms with Crippen molar-refractivity contribution in [3.63, 3.8) is 0 Å². The second kappa shape index (κ2) is 14.8. The first-order valence-corrected chi connectivity index (χ1v) is 15.9. The molecule has 0 aromatic heterocycles. The van der Waals surface area contributed by atoms with Crippen LogP contribution >= 0.6 is 0 Å². The molecule has 10 nitrogen and oxygen atoms in total. The molecule has 10 heteroatoms. The van der Waals surface area contributed by atoms with Crippen LogP contribution < -0.4 is 14.2 Å². The van der Waals surface area contributed by atoms with Crippen LogP contribution in [-0.4, -0.2) is 93.1 Å². The van der Waals surface area contributed by atoms with E-state index in [1.165, 1.54) is 0 Å². The maximum atomic E-state index is 13.4. The number of carbonyl (C=O) groups excluding carboxylic acids is 2. The van der Waals surface area contributed by atoms with Gasteiger partial charge in [0.1, 0.15) is 29.5 Å². The zero-order valence-electron chi connectivity index (χ0n) is 28.2. The van der Waals surface area contributed by atoms with Crippen LogP contribution in [0.4, 0.5) is 9.59 Å². The van der Waals surface area contributed by atoms with Gasteiger partial charge in [0.2, 0.25) is 0 Å². The molecule has 0 unspecified atom stereocenters. The first kappa shape index (κ1) is 33.7. The lowest BCUT2D eigenvalue weighted by molar-refractivity contribution is 0.0166. The average molecular weight is 644 g/mol. The van der Waals surface area contributed by atoms with Crippen molar-refractivity contribution in [2.24, 2.45) is 0 Å². The van der Waals surface area contributed by atoms with Crippen LogP contribution in [0.25, 0.3) is 21.5 Å². The Balaban J connectivity index is 1.22. The summed E-state index contributed by atoms with van der Waals surface area (Å²) in [7, 11) is 4.85. The smallest absolute Gasteiger partial charge is 0.410 e. The van der Waals surface area contributed by atoms with Gasteiger partial charge in [-0.25, -0.2) is 9.59 Å². The van der Waals surface area contributed by atoms with Gasteiger partial charge >= 0.3 is 12.2 Å². The highest BCUT2D eigenvalue weighted by atomic mass is 16.6. The molecule has 2 amide bonds. The molecule has 0 atom stereocenters. The first-order chi connectivity index (χ1) is 22.6. The number of amides is 2. The number of fused-ring (bicyclic) bond motifs is 3. The van der Waals surface area contributed by atoms with E-state index in [2.05, 4.69) is 35.2 Å². The van der Waals surface area contributed by atoms with Gasteiger partial charge in [-0.15, -0.1) is 0 Å². The van der Waals surface area contributed by atoms with Gasteiger partial charge in [0.25, 0.3) is 0 Å². The van der Waals surface area contributed by atoms with E-state index in [4.69, 9.17) is 23.7 Å². The van der Waals surface area contributed by atoms with Gasteiger partial charge in [0.15, 0.2) is 0 Å². The molecule has 5 rings (SSSR count). The van der Waals surface area contributed by atoms with E-state index in [-0.39, 0.29) is 13.2 Å². The summed E-state index contributed by atoms with van der Waals surface area (Å²) >= 11 is 0. The molecule has 250 valence electrons. The summed E-state index contributed by atoms with van der Waals surface area (Å²) in [5, 5.41) is 4.45. The van der Waals surface area contributed by atoms with Crippen LogP contribution in [0, 0.1) is 0 Å². The first-order valence-electron chi connectivity index (χ1n) is 15.9. The zero-order valence-corrected chi connectivity index (χ0v) is 28.2. The van der Waals surface area contributed by atoms with Crippen molar-refractivity contribution in [3.05, 3.63) is 77.9 Å². The number of carbonyl (C=O) groups is 2. The number of hydrogen-bond acceptors (Lipinski definition) is 8. The van der Waals surface area contributed by atoms with E-state index in [0.717, 1.165) is 32.7 Å². The van der Waals surface area contributed by atoms with Crippen LogP contribution in [-0.2, 0) is 22.6 Å². The van der Waals surface area contributed by atoms with Crippen molar-refractivity contribution in [1.82, 2.24) is 14.7 Å². The maximum Gasteiger partial charge on any atom is 0.410 e. The quantitative estimate of drug-likeness (QED) is 0.176. The number of methoxy groups -OCH3 is 3. The van der Waals surface area contributed by atoms with Crippen molar-refractivity contribution in [2.75, 3.05) is 60.7 Å². The molecular formula is C37H45N3O7. The highest BCUT2D eigenvalue weighted by molar-refractivity contribution is 6.09. The zero-order chi connectivity index (χ0) is 33.6. The molecule has 0 aliphatic carbocycles. The molecule has 1 heterocycles. The lowest BCUT2D eigenvalue weighted by Crippen LogP contribution is -2.48. The molecule has 0 N–H and O–H groups in total. The second-order valence-corrected chi connectivity index (χ2v) is 12.6. The number of rotatable bonds is 10. The Labute approximate surface area is 276 Å². The van der Waals surface area contributed by atoms with Crippen LogP contribution in [0.3, 0.4) is 0 Å². The van der Waals surface area contributed by atoms with Gasteiger partial charge in [0, 0.05) is 51.4 Å². The minimum absolute atomic E-state index is 0.0457. The lowest BCUT2D eigenvalue weighted by atomic mass is 9.97. The fraction of sp³-hybridized carbons (Fsp3) is 0.405. The summed E-state index contributed by atoms with van der Waals surface area (Å²) in [4.78, 5) is 32.0. The maximum absolute atomic E-state index is 13.4. The molecule has 4 aromatic carbocycles. The summed E-state index contributed by atoms with van der Waals surface area (Å²) in [5.74, 6) is 2.04. The molecule has 1 saturated heterocycles. The molecule has 0 saturated carbocycles. The van der Waals surface area contributed by atoms with E-state index in [1.807, 2.05) is 57.2 Å². The minimum atomic E-state index is -0.670. The molecule has 1 aliphatic heterocycles. The van der Waals surface area contributed by atoms with Gasteiger partial charge in [-0.1, -0.05) is 48.5 Å². The number of benzene rings is 4. The summed E-state index contributed by atoms with van der Waals surface area (Å²) in [5.41, 5.74) is 1.25. The Kier molecular flexibility index (Phi) is 10.6. The fourth-order valence-corrected chi connectivity index (χ4v) is 5.91. The third-order valence-corrected chi connectivity index (χ3v) is 8.28. The Morgan fingerprint density at radius 3 is 2.02 bits per heavy atom. The number of ether oxygens (including phenoxy) is 5. The van der Waals surface area contributed by atoms with Crippen molar-refractivity contribution in [1.29, 1.82) is 0 Å². The third-order valence-electron chi connectivity index (χ3n) is 8.28. The van der Waals surface area contributed by atoms with Crippen LogP contribution in [0.15, 0.2) is 66.7 Å². The Hall–Kier alpha value is -4.70. The minimum Gasteiger partial charge on any atom is -0.496 e. The summed E-state index contributed by atoms with van der Waals surface area (Å²) < 4.78 is 28.0. The molecule has 1 fully saturated rings. The van der Waals surface area contributed by atoms with Gasteiger partial charge in [-0.3, -0.25) is 4.90 Å². The lowest BCUT2D eigenvalue weighted by Gasteiger charge is -2.34. The summed E-state index contributed by atoms with van der Waals surface area (Å²) in [6.07, 6.45) is -0.853. The van der Waals surface area contributed by atoms with Gasteiger partial charge in [0.05, 0.1) is 33.4 Å². The predicted octanol–water partition coefficient (Wildman–Crippen LogP) is 6.71. The standard InChI is InChI=1S/C37H45N3O7/c1-37(2,3)47-36(42)40(24-27-21-26-11-7-8-12-29(26)31-14-10-9-13-30(27)31)19-20-46-35(41)39-17-15-38(16-18-39)25-32-33(44-5)22-28(43-4)23-34(32)45-6/h7-14,21-23H,15-20,24-25H2,1-6H3. The van der Waals surface area contributed by atoms with Crippen LogP contribution in [0.2, 0.25) is 0 Å². The molecule has 4 aromatic rings. The van der Waals surface area contributed by atoms with Crippen molar-refractivity contribution in [3.8, 4) is 17.2 Å². The summed E-state index contributed by atoms with van der Waals surface area (Å²) in [6, 6.07) is 22.2. The number of nitrogens with zero attached hydrogens (tertiary/aromatic N) is 3. The van der Waals surface area contributed by atoms with Gasteiger partial charge in [-0.2, -0.15) is 0 Å². The van der Waals surface area contributed by atoms with Crippen molar-refractivity contribution < 1.29 is 33.3 Å². The average Bonchev–Trinajstić information content (AvgIpc) is 3.07. The molecular weight excluding hydrogens is 598 g/mol. The predicted molar refractivity (Wildman–Crippen MR) is 182 cm³/mol. The van der Waals surface area contributed by atoms with Gasteiger partial charge in [-0.05, 0) is 53.9 Å². The number of hydrogen-bond donors (Lipinski definition) is 0. The molecule has 0 radical (unpaired) electrons. The molecule has 47 heavy (non-hydrogen) atoms. The van der Waals surface area contributed by atoms with E-state index >= 15 is 0 Å². The highest BCUT2D eigenvalue weighted by Crippen LogP contribution is 2.35. The van der Waals surface area contributed by atoms with Crippen molar-refractivity contribution in [2.45, 2.75) is 39.5 Å². The highest BCUT2D eigenvalue weighted by Gasteiger charge is 2.27. The van der Waals surface area contributed by atoms with E-state index in [0.29, 0.717) is 56.5 Å². The Morgan fingerprint density at radius 1 is 0.787 bits per heavy atom. The summed E-state index contributed by atoms with van der Waals surface area (Å²) in [6.45, 7) is 9.03.